The molecule has 0 amide bonds. The van der Waals surface area contributed by atoms with Crippen LogP contribution in [0, 0.1) is 0 Å². The van der Waals surface area contributed by atoms with Crippen molar-refractivity contribution in [3.05, 3.63) is 52.5 Å². The molecule has 0 atom stereocenters. The van der Waals surface area contributed by atoms with E-state index in [0.29, 0.717) is 0 Å². The van der Waals surface area contributed by atoms with Gasteiger partial charge in [0.15, 0.2) is 5.75 Å². The quantitative estimate of drug-likeness (QED) is 0.783. The Morgan fingerprint density at radius 1 is 0.867 bits per heavy atom. The highest BCUT2D eigenvalue weighted by molar-refractivity contribution is 6.38. The molecule has 0 spiro atoms. The molecule has 0 saturated heterocycles. The van der Waals surface area contributed by atoms with Crippen LogP contribution in [0.2, 0.25) is 10.0 Å². The van der Waals surface area contributed by atoms with Gasteiger partial charge in [-0.2, -0.15) is 0 Å². The van der Waals surface area contributed by atoms with E-state index in [0.717, 1.165) is 11.1 Å². The maximum Gasteiger partial charge on any atom is 0.153 e. The lowest BCUT2D eigenvalue weighted by molar-refractivity contribution is 0.476. The van der Waals surface area contributed by atoms with Crippen LogP contribution in [-0.2, 0) is 0 Å². The number of aromatic hydroxyl groups is 1. The van der Waals surface area contributed by atoms with Gasteiger partial charge in [0.05, 0.1) is 10.0 Å². The third-order valence-electron chi connectivity index (χ3n) is 2.15. The lowest BCUT2D eigenvalue weighted by Crippen LogP contribution is -1.80. The Morgan fingerprint density at radius 2 is 1.53 bits per heavy atom. The highest BCUT2D eigenvalue weighted by Crippen LogP contribution is 2.39. The maximum atomic E-state index is 9.58. The van der Waals surface area contributed by atoms with E-state index in [9.17, 15) is 5.11 Å². The first-order valence-electron chi connectivity index (χ1n) is 4.42. The maximum absolute atomic E-state index is 9.58. The molecule has 3 heteroatoms. The second-order valence-corrected chi connectivity index (χ2v) is 3.91. The van der Waals surface area contributed by atoms with Crippen LogP contribution in [0.5, 0.6) is 5.75 Å². The Morgan fingerprint density at radius 3 is 2.20 bits per heavy atom. The molecule has 0 fully saturated rings. The standard InChI is InChI=1S/C12H8Cl2O/c13-10-7-6-9(11(14)12(10)15)8-4-2-1-3-5-8/h1-7,15H. The van der Waals surface area contributed by atoms with Crippen LogP contribution in [0.3, 0.4) is 0 Å². The zero-order chi connectivity index (χ0) is 10.8. The van der Waals surface area contributed by atoms with Crippen LogP contribution in [0.4, 0.5) is 0 Å². The molecule has 2 aromatic rings. The molecule has 0 unspecified atom stereocenters. The van der Waals surface area contributed by atoms with E-state index in [2.05, 4.69) is 0 Å². The molecule has 1 nitrogen and oxygen atoms in total. The minimum Gasteiger partial charge on any atom is -0.505 e. The van der Waals surface area contributed by atoms with E-state index in [1.54, 1.807) is 12.1 Å². The van der Waals surface area contributed by atoms with Gasteiger partial charge >= 0.3 is 0 Å². The van der Waals surface area contributed by atoms with Gasteiger partial charge in [-0.1, -0.05) is 59.6 Å². The first-order chi connectivity index (χ1) is 7.20. The van der Waals surface area contributed by atoms with Crippen molar-refractivity contribution in [2.75, 3.05) is 0 Å². The molecular formula is C12H8Cl2O. The summed E-state index contributed by atoms with van der Waals surface area (Å²) in [5.41, 5.74) is 1.73. The molecule has 0 aliphatic rings. The summed E-state index contributed by atoms with van der Waals surface area (Å²) in [5.74, 6) is -0.0697. The Bertz CT molecular complexity index is 480. The number of phenolic OH excluding ortho intramolecular Hbond substituents is 1. The zero-order valence-electron chi connectivity index (χ0n) is 7.74. The summed E-state index contributed by atoms with van der Waals surface area (Å²) in [6.45, 7) is 0. The van der Waals surface area contributed by atoms with Gasteiger partial charge in [0, 0.05) is 5.56 Å². The first-order valence-corrected chi connectivity index (χ1v) is 5.18. The molecule has 0 heterocycles. The van der Waals surface area contributed by atoms with Gasteiger partial charge in [0.1, 0.15) is 0 Å². The van der Waals surface area contributed by atoms with Crippen molar-refractivity contribution in [1.82, 2.24) is 0 Å². The van der Waals surface area contributed by atoms with Crippen molar-refractivity contribution in [2.24, 2.45) is 0 Å². The van der Waals surface area contributed by atoms with Crippen molar-refractivity contribution in [2.45, 2.75) is 0 Å². The number of phenols is 1. The van der Waals surface area contributed by atoms with Crippen molar-refractivity contribution in [3.63, 3.8) is 0 Å². The van der Waals surface area contributed by atoms with Crippen molar-refractivity contribution >= 4 is 23.2 Å². The van der Waals surface area contributed by atoms with Crippen LogP contribution < -0.4 is 0 Å². The van der Waals surface area contributed by atoms with Crippen LogP contribution in [0.1, 0.15) is 0 Å². The third-order valence-corrected chi connectivity index (χ3v) is 2.84. The number of halogens is 2. The second-order valence-electron chi connectivity index (χ2n) is 3.12. The van der Waals surface area contributed by atoms with Crippen molar-refractivity contribution in [1.29, 1.82) is 0 Å². The van der Waals surface area contributed by atoms with Gasteiger partial charge in [0.25, 0.3) is 0 Å². The number of hydrogen-bond donors (Lipinski definition) is 1. The lowest BCUT2D eigenvalue weighted by atomic mass is 10.1. The van der Waals surface area contributed by atoms with E-state index < -0.39 is 0 Å². The zero-order valence-corrected chi connectivity index (χ0v) is 9.26. The molecule has 15 heavy (non-hydrogen) atoms. The highest BCUT2D eigenvalue weighted by Gasteiger charge is 2.10. The molecule has 0 aromatic heterocycles. The summed E-state index contributed by atoms with van der Waals surface area (Å²) in [5, 5.41) is 10.1. The number of hydrogen-bond acceptors (Lipinski definition) is 1. The monoisotopic (exact) mass is 238 g/mol. The highest BCUT2D eigenvalue weighted by atomic mass is 35.5. The SMILES string of the molecule is Oc1c(Cl)ccc(-c2ccccc2)c1Cl. The summed E-state index contributed by atoms with van der Waals surface area (Å²) in [6.07, 6.45) is 0. The van der Waals surface area contributed by atoms with E-state index in [1.165, 1.54) is 0 Å². The Kier molecular flexibility index (Phi) is 2.85. The number of rotatable bonds is 1. The predicted octanol–water partition coefficient (Wildman–Crippen LogP) is 4.37. The van der Waals surface area contributed by atoms with Crippen molar-refractivity contribution in [3.8, 4) is 16.9 Å². The topological polar surface area (TPSA) is 20.2 Å². The van der Waals surface area contributed by atoms with E-state index >= 15 is 0 Å². The summed E-state index contributed by atoms with van der Waals surface area (Å²) in [6, 6.07) is 13.0. The fourth-order valence-electron chi connectivity index (χ4n) is 1.38. The molecule has 0 aliphatic carbocycles. The van der Waals surface area contributed by atoms with Crippen LogP contribution in [0.15, 0.2) is 42.5 Å². The van der Waals surface area contributed by atoms with Gasteiger partial charge in [-0.15, -0.1) is 0 Å². The molecule has 2 rings (SSSR count). The smallest absolute Gasteiger partial charge is 0.153 e. The third kappa shape index (κ3) is 1.94. The predicted molar refractivity (Wildman–Crippen MR) is 63.6 cm³/mol. The Balaban J connectivity index is 2.60. The Hall–Kier alpha value is -1.18. The normalized spacial score (nSPS) is 10.3. The molecule has 0 radical (unpaired) electrons. The van der Waals surface area contributed by atoms with E-state index in [1.807, 2.05) is 30.3 Å². The summed E-state index contributed by atoms with van der Waals surface area (Å²) < 4.78 is 0. The summed E-state index contributed by atoms with van der Waals surface area (Å²) in [7, 11) is 0. The van der Waals surface area contributed by atoms with E-state index in [-0.39, 0.29) is 15.8 Å². The summed E-state index contributed by atoms with van der Waals surface area (Å²) >= 11 is 11.7. The van der Waals surface area contributed by atoms with E-state index in [4.69, 9.17) is 23.2 Å². The Labute approximate surface area is 97.9 Å². The second kappa shape index (κ2) is 4.13. The number of benzene rings is 2. The molecule has 0 bridgehead atoms. The average molecular weight is 239 g/mol. The minimum atomic E-state index is -0.0697. The molecule has 0 saturated carbocycles. The fourth-order valence-corrected chi connectivity index (χ4v) is 1.86. The van der Waals surface area contributed by atoms with Gasteiger partial charge in [-0.05, 0) is 11.6 Å². The van der Waals surface area contributed by atoms with Gasteiger partial charge < -0.3 is 5.11 Å². The molecule has 0 aliphatic heterocycles. The largest absolute Gasteiger partial charge is 0.505 e. The van der Waals surface area contributed by atoms with Crippen LogP contribution in [-0.4, -0.2) is 5.11 Å². The lowest BCUT2D eigenvalue weighted by Gasteiger charge is -2.07. The fraction of sp³-hybridized carbons (Fsp3) is 0. The molecule has 1 N–H and O–H groups in total. The first kappa shape index (κ1) is 10.3. The molecular weight excluding hydrogens is 231 g/mol. The van der Waals surface area contributed by atoms with Crippen LogP contribution in [0.25, 0.3) is 11.1 Å². The molecule has 2 aromatic carbocycles. The van der Waals surface area contributed by atoms with Gasteiger partial charge in [0.2, 0.25) is 0 Å². The minimum absolute atomic E-state index is 0.0697. The molecule has 76 valence electrons. The average Bonchev–Trinajstić information content (AvgIpc) is 2.27. The van der Waals surface area contributed by atoms with Crippen molar-refractivity contribution < 1.29 is 5.11 Å². The van der Waals surface area contributed by atoms with Crippen LogP contribution >= 0.6 is 23.2 Å². The van der Waals surface area contributed by atoms with Gasteiger partial charge in [-0.3, -0.25) is 0 Å². The summed E-state index contributed by atoms with van der Waals surface area (Å²) in [4.78, 5) is 0. The van der Waals surface area contributed by atoms with Gasteiger partial charge in [-0.25, -0.2) is 0 Å².